The molecule has 0 radical (unpaired) electrons. The van der Waals surface area contributed by atoms with Crippen LogP contribution in [0.25, 0.3) is 0 Å². The van der Waals surface area contributed by atoms with Crippen LogP contribution in [-0.2, 0) is 11.2 Å². The highest BCUT2D eigenvalue weighted by Crippen LogP contribution is 2.32. The van der Waals surface area contributed by atoms with Crippen molar-refractivity contribution in [3.63, 3.8) is 0 Å². The Morgan fingerprint density at radius 3 is 2.59 bits per heavy atom. The van der Waals surface area contributed by atoms with E-state index in [0.29, 0.717) is 11.4 Å². The lowest BCUT2D eigenvalue weighted by molar-refractivity contribution is -0.115. The van der Waals surface area contributed by atoms with Gasteiger partial charge in [-0.15, -0.1) is 0 Å². The van der Waals surface area contributed by atoms with Crippen molar-refractivity contribution in [1.29, 1.82) is 0 Å². The number of nitrogens with zero attached hydrogens (tertiary/aromatic N) is 1. The topological polar surface area (TPSA) is 32.3 Å². The molecule has 0 heterocycles. The molecule has 0 saturated heterocycles. The van der Waals surface area contributed by atoms with Gasteiger partial charge in [0.1, 0.15) is 0 Å². The molecule has 22 heavy (non-hydrogen) atoms. The van der Waals surface area contributed by atoms with E-state index in [1.165, 1.54) is 0 Å². The van der Waals surface area contributed by atoms with Crippen LogP contribution in [0, 0.1) is 13.8 Å². The highest BCUT2D eigenvalue weighted by atomic mass is 35.5. The number of carbonyl (C=O) groups is 1. The number of hydrogen-bond donors (Lipinski definition) is 1. The van der Waals surface area contributed by atoms with Crippen LogP contribution in [0.5, 0.6) is 0 Å². The predicted molar refractivity (Wildman–Crippen MR) is 94.0 cm³/mol. The van der Waals surface area contributed by atoms with E-state index in [-0.39, 0.29) is 5.91 Å². The minimum absolute atomic E-state index is 0.0425. The van der Waals surface area contributed by atoms with E-state index in [1.54, 1.807) is 0 Å². The van der Waals surface area contributed by atoms with Gasteiger partial charge < -0.3 is 10.2 Å². The molecule has 0 aliphatic rings. The molecule has 4 heteroatoms. The summed E-state index contributed by atoms with van der Waals surface area (Å²) in [7, 11) is 3.81. The highest BCUT2D eigenvalue weighted by Gasteiger charge is 2.13. The third-order valence-corrected chi connectivity index (χ3v) is 3.87. The lowest BCUT2D eigenvalue weighted by atomic mass is 10.0. The second-order valence-corrected chi connectivity index (χ2v) is 6.09. The Labute approximate surface area is 136 Å². The largest absolute Gasteiger partial charge is 0.375 e. The number of nitrogens with one attached hydrogen (secondary N) is 1. The van der Waals surface area contributed by atoms with E-state index in [9.17, 15) is 4.79 Å². The fourth-order valence-electron chi connectivity index (χ4n) is 2.43. The SMILES string of the molecule is Cc1ccc(C)c(CC(=O)Nc2cccc(Cl)c2N(C)C)c1. The van der Waals surface area contributed by atoms with Gasteiger partial charge in [-0.25, -0.2) is 0 Å². The molecule has 116 valence electrons. The quantitative estimate of drug-likeness (QED) is 0.916. The fourth-order valence-corrected chi connectivity index (χ4v) is 2.77. The minimum atomic E-state index is -0.0425. The number of aryl methyl sites for hydroxylation is 2. The van der Waals surface area contributed by atoms with Gasteiger partial charge in [-0.05, 0) is 37.1 Å². The van der Waals surface area contributed by atoms with Crippen molar-refractivity contribution < 1.29 is 4.79 Å². The Hall–Kier alpha value is -2.00. The second-order valence-electron chi connectivity index (χ2n) is 5.69. The Morgan fingerprint density at radius 2 is 1.91 bits per heavy atom. The van der Waals surface area contributed by atoms with Crippen molar-refractivity contribution in [3.8, 4) is 0 Å². The number of carbonyl (C=O) groups excluding carboxylic acids is 1. The molecule has 2 rings (SSSR count). The smallest absolute Gasteiger partial charge is 0.228 e. The average molecular weight is 317 g/mol. The normalized spacial score (nSPS) is 10.4. The van der Waals surface area contributed by atoms with Crippen LogP contribution in [0.15, 0.2) is 36.4 Å². The van der Waals surface area contributed by atoms with E-state index in [4.69, 9.17) is 11.6 Å². The maximum Gasteiger partial charge on any atom is 0.228 e. The zero-order valence-corrected chi connectivity index (χ0v) is 14.2. The molecule has 0 fully saturated rings. The fraction of sp³-hybridized carbons (Fsp3) is 0.278. The van der Waals surface area contributed by atoms with Gasteiger partial charge in [0.05, 0.1) is 22.8 Å². The molecule has 3 nitrogen and oxygen atoms in total. The zero-order chi connectivity index (χ0) is 16.3. The average Bonchev–Trinajstić information content (AvgIpc) is 2.42. The molecular weight excluding hydrogens is 296 g/mol. The molecule has 0 aromatic heterocycles. The monoisotopic (exact) mass is 316 g/mol. The molecule has 0 unspecified atom stereocenters. The number of anilines is 2. The molecule has 0 aliphatic heterocycles. The van der Waals surface area contributed by atoms with E-state index < -0.39 is 0 Å². The van der Waals surface area contributed by atoms with Gasteiger partial charge >= 0.3 is 0 Å². The van der Waals surface area contributed by atoms with Gasteiger partial charge in [0.15, 0.2) is 0 Å². The summed E-state index contributed by atoms with van der Waals surface area (Å²) in [5, 5.41) is 3.58. The number of para-hydroxylation sites is 1. The molecule has 2 aromatic carbocycles. The van der Waals surface area contributed by atoms with Crippen molar-refractivity contribution in [1.82, 2.24) is 0 Å². The Bertz CT molecular complexity index is 695. The summed E-state index contributed by atoms with van der Waals surface area (Å²) in [4.78, 5) is 14.3. The van der Waals surface area contributed by atoms with Crippen LogP contribution in [0.3, 0.4) is 0 Å². The summed E-state index contributed by atoms with van der Waals surface area (Å²) in [6.07, 6.45) is 0.354. The first-order chi connectivity index (χ1) is 10.4. The van der Waals surface area contributed by atoms with Gasteiger partial charge in [-0.2, -0.15) is 0 Å². The molecule has 0 bridgehead atoms. The van der Waals surface area contributed by atoms with Crippen LogP contribution in [0.2, 0.25) is 5.02 Å². The van der Waals surface area contributed by atoms with Crippen molar-refractivity contribution in [2.24, 2.45) is 0 Å². The van der Waals surface area contributed by atoms with Gasteiger partial charge in [0.2, 0.25) is 5.91 Å². The van der Waals surface area contributed by atoms with Crippen LogP contribution >= 0.6 is 11.6 Å². The Kier molecular flexibility index (Phi) is 5.09. The Morgan fingerprint density at radius 1 is 1.18 bits per heavy atom. The molecule has 0 spiro atoms. The lowest BCUT2D eigenvalue weighted by Crippen LogP contribution is -2.18. The molecule has 1 N–H and O–H groups in total. The van der Waals surface area contributed by atoms with Crippen LogP contribution in [0.1, 0.15) is 16.7 Å². The molecule has 0 saturated carbocycles. The van der Waals surface area contributed by atoms with Gasteiger partial charge in [0, 0.05) is 14.1 Å². The van der Waals surface area contributed by atoms with E-state index in [1.807, 2.05) is 57.1 Å². The van der Waals surface area contributed by atoms with E-state index in [0.717, 1.165) is 28.1 Å². The van der Waals surface area contributed by atoms with Gasteiger partial charge in [-0.3, -0.25) is 4.79 Å². The summed E-state index contributed by atoms with van der Waals surface area (Å²) < 4.78 is 0. The Balaban J connectivity index is 2.19. The predicted octanol–water partition coefficient (Wildman–Crippen LogP) is 4.20. The summed E-state index contributed by atoms with van der Waals surface area (Å²) in [5.74, 6) is -0.0425. The maximum atomic E-state index is 12.4. The van der Waals surface area contributed by atoms with Crippen LogP contribution in [0.4, 0.5) is 11.4 Å². The first-order valence-corrected chi connectivity index (χ1v) is 7.58. The minimum Gasteiger partial charge on any atom is -0.375 e. The summed E-state index contributed by atoms with van der Waals surface area (Å²) >= 11 is 6.22. The molecule has 0 atom stereocenters. The molecule has 0 aliphatic carbocycles. The summed E-state index contributed by atoms with van der Waals surface area (Å²) in [6.45, 7) is 4.05. The zero-order valence-electron chi connectivity index (χ0n) is 13.4. The molecule has 2 aromatic rings. The summed E-state index contributed by atoms with van der Waals surface area (Å²) in [6, 6.07) is 11.7. The van der Waals surface area contributed by atoms with Crippen molar-refractivity contribution >= 4 is 28.9 Å². The van der Waals surface area contributed by atoms with Crippen molar-refractivity contribution in [2.75, 3.05) is 24.3 Å². The third kappa shape index (κ3) is 3.80. The number of rotatable bonds is 4. The first-order valence-electron chi connectivity index (χ1n) is 7.20. The number of benzene rings is 2. The van der Waals surface area contributed by atoms with E-state index in [2.05, 4.69) is 17.4 Å². The maximum absolute atomic E-state index is 12.4. The number of amides is 1. The number of hydrogen-bond acceptors (Lipinski definition) is 2. The highest BCUT2D eigenvalue weighted by molar-refractivity contribution is 6.34. The lowest BCUT2D eigenvalue weighted by Gasteiger charge is -2.19. The number of halogens is 1. The van der Waals surface area contributed by atoms with Crippen LogP contribution in [-0.4, -0.2) is 20.0 Å². The third-order valence-electron chi connectivity index (χ3n) is 3.56. The summed E-state index contributed by atoms with van der Waals surface area (Å²) in [5.41, 5.74) is 4.88. The van der Waals surface area contributed by atoms with Crippen molar-refractivity contribution in [2.45, 2.75) is 20.3 Å². The van der Waals surface area contributed by atoms with E-state index >= 15 is 0 Å². The first kappa shape index (κ1) is 16.4. The molecule has 1 amide bonds. The van der Waals surface area contributed by atoms with Crippen molar-refractivity contribution in [3.05, 3.63) is 58.1 Å². The van der Waals surface area contributed by atoms with Gasteiger partial charge in [-0.1, -0.05) is 41.4 Å². The standard InChI is InChI=1S/C18H21ClN2O/c1-12-8-9-13(2)14(10-12)11-17(22)20-16-7-5-6-15(19)18(16)21(3)4/h5-10H,11H2,1-4H3,(H,20,22). The van der Waals surface area contributed by atoms with Gasteiger partial charge in [0.25, 0.3) is 0 Å². The second kappa shape index (κ2) is 6.84. The van der Waals surface area contributed by atoms with Crippen LogP contribution < -0.4 is 10.2 Å². The molecular formula is C18H21ClN2O.